The van der Waals surface area contributed by atoms with E-state index in [-0.39, 0.29) is 24.7 Å². The molecular weight excluding hydrogens is 330 g/mol. The minimum Gasteiger partial charge on any atom is -0.463 e. The lowest BCUT2D eigenvalue weighted by atomic mass is 10.1. The van der Waals surface area contributed by atoms with Crippen LogP contribution in [0, 0.1) is 0 Å². The number of rotatable bonds is 8. The van der Waals surface area contributed by atoms with Crippen molar-refractivity contribution in [2.75, 3.05) is 0 Å². The van der Waals surface area contributed by atoms with Crippen LogP contribution in [0.4, 0.5) is 0 Å². The van der Waals surface area contributed by atoms with Crippen LogP contribution >= 0.6 is 0 Å². The van der Waals surface area contributed by atoms with Crippen LogP contribution in [-0.2, 0) is 11.3 Å². The van der Waals surface area contributed by atoms with Crippen LogP contribution in [0.15, 0.2) is 65.5 Å². The van der Waals surface area contributed by atoms with Gasteiger partial charge in [-0.1, -0.05) is 30.3 Å². The number of nitrogens with one attached hydrogen (secondary N) is 1. The minimum absolute atomic E-state index is 0.0485. The molecule has 1 aromatic carbocycles. The number of furan rings is 1. The summed E-state index contributed by atoms with van der Waals surface area (Å²) in [5.41, 5.74) is 1.92. The van der Waals surface area contributed by atoms with Crippen molar-refractivity contribution >= 4 is 11.7 Å². The Morgan fingerprint density at radius 3 is 2.54 bits per heavy atom. The zero-order valence-corrected chi connectivity index (χ0v) is 14.2. The highest BCUT2D eigenvalue weighted by Gasteiger charge is 2.12. The lowest BCUT2D eigenvalue weighted by molar-refractivity contribution is -0.121. The maximum absolute atomic E-state index is 12.0. The van der Waals surface area contributed by atoms with Gasteiger partial charge in [0.1, 0.15) is 5.69 Å². The lowest BCUT2D eigenvalue weighted by Crippen LogP contribution is -2.23. The van der Waals surface area contributed by atoms with E-state index in [2.05, 4.69) is 15.3 Å². The zero-order chi connectivity index (χ0) is 18.2. The molecule has 2 heterocycles. The van der Waals surface area contributed by atoms with Gasteiger partial charge in [-0.3, -0.25) is 14.6 Å². The molecule has 0 unspecified atom stereocenters. The number of Topliss-reactive ketones (excluding diaryl/α,β-unsaturated/α-hetero) is 1. The molecule has 6 nitrogen and oxygen atoms in total. The van der Waals surface area contributed by atoms with Crippen molar-refractivity contribution in [1.82, 2.24) is 15.3 Å². The average Bonchev–Trinajstić information content (AvgIpc) is 3.22. The molecule has 0 aliphatic rings. The van der Waals surface area contributed by atoms with Crippen molar-refractivity contribution in [3.63, 3.8) is 0 Å². The van der Waals surface area contributed by atoms with E-state index in [4.69, 9.17) is 4.42 Å². The summed E-state index contributed by atoms with van der Waals surface area (Å²) in [6, 6.07) is 12.7. The molecule has 0 aliphatic carbocycles. The Labute approximate surface area is 151 Å². The van der Waals surface area contributed by atoms with Gasteiger partial charge >= 0.3 is 0 Å². The molecule has 0 spiro atoms. The van der Waals surface area contributed by atoms with Gasteiger partial charge in [0.05, 0.1) is 18.5 Å². The SMILES string of the molecule is O=C(CCCC(=O)c1ccccc1)NCc1nccnc1-c1ccco1. The van der Waals surface area contributed by atoms with Crippen LogP contribution in [0.1, 0.15) is 35.3 Å². The molecule has 1 N–H and O–H groups in total. The second-order valence-electron chi connectivity index (χ2n) is 5.75. The van der Waals surface area contributed by atoms with Crippen molar-refractivity contribution in [2.24, 2.45) is 0 Å². The number of carbonyl (C=O) groups excluding carboxylic acids is 2. The maximum atomic E-state index is 12.0. The fourth-order valence-electron chi connectivity index (χ4n) is 2.56. The Morgan fingerprint density at radius 2 is 1.77 bits per heavy atom. The summed E-state index contributed by atoms with van der Waals surface area (Å²) in [5, 5.41) is 2.82. The number of amides is 1. The molecule has 3 aromatic rings. The van der Waals surface area contributed by atoms with E-state index in [1.165, 1.54) is 0 Å². The molecule has 2 aromatic heterocycles. The number of benzene rings is 1. The highest BCUT2D eigenvalue weighted by Crippen LogP contribution is 2.19. The van der Waals surface area contributed by atoms with Crippen molar-refractivity contribution in [3.05, 3.63) is 72.4 Å². The summed E-state index contributed by atoms with van der Waals surface area (Å²) in [6.45, 7) is 0.259. The van der Waals surface area contributed by atoms with Gasteiger partial charge in [0, 0.05) is 30.8 Å². The van der Waals surface area contributed by atoms with Crippen LogP contribution in [0.2, 0.25) is 0 Å². The maximum Gasteiger partial charge on any atom is 0.220 e. The van der Waals surface area contributed by atoms with Gasteiger partial charge in [0.15, 0.2) is 11.5 Å². The lowest BCUT2D eigenvalue weighted by Gasteiger charge is -2.07. The number of hydrogen-bond acceptors (Lipinski definition) is 5. The summed E-state index contributed by atoms with van der Waals surface area (Å²) < 4.78 is 5.35. The van der Waals surface area contributed by atoms with Crippen molar-refractivity contribution < 1.29 is 14.0 Å². The van der Waals surface area contributed by atoms with E-state index >= 15 is 0 Å². The first-order valence-corrected chi connectivity index (χ1v) is 8.43. The van der Waals surface area contributed by atoms with Gasteiger partial charge in [-0.25, -0.2) is 4.98 Å². The average molecular weight is 349 g/mol. The van der Waals surface area contributed by atoms with Gasteiger partial charge in [-0.15, -0.1) is 0 Å². The third kappa shape index (κ3) is 4.63. The molecule has 0 saturated heterocycles. The van der Waals surface area contributed by atoms with Crippen LogP contribution < -0.4 is 5.32 Å². The molecule has 3 rings (SSSR count). The first-order valence-electron chi connectivity index (χ1n) is 8.43. The van der Waals surface area contributed by atoms with Crippen molar-refractivity contribution in [3.8, 4) is 11.5 Å². The summed E-state index contributed by atoms with van der Waals surface area (Å²) in [4.78, 5) is 32.6. The fraction of sp³-hybridized carbons (Fsp3) is 0.200. The highest BCUT2D eigenvalue weighted by atomic mass is 16.3. The zero-order valence-electron chi connectivity index (χ0n) is 14.2. The minimum atomic E-state index is -0.123. The third-order valence-electron chi connectivity index (χ3n) is 3.89. The first-order chi connectivity index (χ1) is 12.7. The standard InChI is InChI=1S/C20H19N3O3/c24-17(15-6-2-1-3-7-15)8-4-10-19(25)23-14-16-20(22-12-11-21-16)18-9-5-13-26-18/h1-3,5-7,9,11-13H,4,8,10,14H2,(H,23,25). The van der Waals surface area contributed by atoms with Gasteiger partial charge in [-0.2, -0.15) is 0 Å². The van der Waals surface area contributed by atoms with E-state index in [0.29, 0.717) is 35.6 Å². The Balaban J connectivity index is 1.47. The van der Waals surface area contributed by atoms with Gasteiger partial charge < -0.3 is 9.73 Å². The van der Waals surface area contributed by atoms with Crippen molar-refractivity contribution in [2.45, 2.75) is 25.8 Å². The largest absolute Gasteiger partial charge is 0.463 e. The molecule has 0 atom stereocenters. The smallest absolute Gasteiger partial charge is 0.220 e. The third-order valence-corrected chi connectivity index (χ3v) is 3.89. The van der Waals surface area contributed by atoms with Crippen LogP contribution in [0.25, 0.3) is 11.5 Å². The Bertz CT molecular complexity index is 861. The fourth-order valence-corrected chi connectivity index (χ4v) is 2.56. The molecule has 132 valence electrons. The molecule has 26 heavy (non-hydrogen) atoms. The summed E-state index contributed by atoms with van der Waals surface area (Å²) in [5.74, 6) is 0.533. The predicted octanol–water partition coefficient (Wildman–Crippen LogP) is 3.41. The van der Waals surface area contributed by atoms with Crippen LogP contribution in [0.5, 0.6) is 0 Å². The Kier molecular flexibility index (Phi) is 5.88. The van der Waals surface area contributed by atoms with E-state index in [1.54, 1.807) is 42.9 Å². The first kappa shape index (κ1) is 17.5. The van der Waals surface area contributed by atoms with E-state index in [1.807, 2.05) is 18.2 Å². The van der Waals surface area contributed by atoms with Crippen LogP contribution in [-0.4, -0.2) is 21.7 Å². The predicted molar refractivity (Wildman–Crippen MR) is 96.2 cm³/mol. The Morgan fingerprint density at radius 1 is 0.962 bits per heavy atom. The quantitative estimate of drug-likeness (QED) is 0.630. The van der Waals surface area contributed by atoms with E-state index < -0.39 is 0 Å². The molecule has 0 bridgehead atoms. The Hall–Kier alpha value is -3.28. The molecule has 0 aliphatic heterocycles. The monoisotopic (exact) mass is 349 g/mol. The molecular formula is C20H19N3O3. The van der Waals surface area contributed by atoms with Gasteiger partial charge in [0.25, 0.3) is 0 Å². The second-order valence-corrected chi connectivity index (χ2v) is 5.75. The molecule has 6 heteroatoms. The van der Waals surface area contributed by atoms with Gasteiger partial charge in [0.2, 0.25) is 5.91 Å². The van der Waals surface area contributed by atoms with Crippen LogP contribution in [0.3, 0.4) is 0 Å². The summed E-state index contributed by atoms with van der Waals surface area (Å²) in [6.07, 6.45) is 5.86. The number of carbonyl (C=O) groups is 2. The second kappa shape index (κ2) is 8.71. The number of aromatic nitrogens is 2. The van der Waals surface area contributed by atoms with Gasteiger partial charge in [-0.05, 0) is 18.6 Å². The molecule has 0 radical (unpaired) electrons. The normalized spacial score (nSPS) is 10.5. The summed E-state index contributed by atoms with van der Waals surface area (Å²) >= 11 is 0. The summed E-state index contributed by atoms with van der Waals surface area (Å²) in [7, 11) is 0. The topological polar surface area (TPSA) is 85.1 Å². The highest BCUT2D eigenvalue weighted by molar-refractivity contribution is 5.96. The number of hydrogen-bond donors (Lipinski definition) is 1. The molecule has 0 saturated carbocycles. The number of ketones is 1. The van der Waals surface area contributed by atoms with Crippen molar-refractivity contribution in [1.29, 1.82) is 0 Å². The molecule has 0 fully saturated rings. The van der Waals surface area contributed by atoms with E-state index in [9.17, 15) is 9.59 Å². The van der Waals surface area contributed by atoms with E-state index in [0.717, 1.165) is 0 Å². The molecule has 1 amide bonds. The number of nitrogens with zero attached hydrogens (tertiary/aromatic N) is 2.